The molecule has 2 aromatic heterocycles. The van der Waals surface area contributed by atoms with E-state index >= 15 is 0 Å². The maximum atomic E-state index is 12.7. The summed E-state index contributed by atoms with van der Waals surface area (Å²) in [4.78, 5) is 14.6. The van der Waals surface area contributed by atoms with Crippen molar-refractivity contribution < 1.29 is 13.2 Å². The monoisotopic (exact) mass is 294 g/mol. The Labute approximate surface area is 116 Å². The zero-order valence-electron chi connectivity index (χ0n) is 10.4. The second-order valence-electron chi connectivity index (χ2n) is 4.24. The van der Waals surface area contributed by atoms with E-state index in [1.807, 2.05) is 0 Å². The summed E-state index contributed by atoms with van der Waals surface area (Å²) in [6, 6.07) is 4.78. The van der Waals surface area contributed by atoms with E-state index in [0.717, 1.165) is 12.1 Å². The molecule has 0 saturated heterocycles. The largest absolute Gasteiger partial charge is 0.416 e. The van der Waals surface area contributed by atoms with E-state index in [1.54, 1.807) is 0 Å². The first-order chi connectivity index (χ1) is 9.93. The third-order valence-corrected chi connectivity index (χ3v) is 2.76. The molecule has 0 amide bonds. The number of anilines is 3. The highest BCUT2D eigenvalue weighted by Crippen LogP contribution is 2.31. The third kappa shape index (κ3) is 2.57. The molecule has 0 saturated carbocycles. The minimum Gasteiger partial charge on any atom is -0.368 e. The number of halogens is 3. The van der Waals surface area contributed by atoms with E-state index in [4.69, 9.17) is 5.73 Å². The summed E-state index contributed by atoms with van der Waals surface area (Å²) in [6.07, 6.45) is -3.01. The average molecular weight is 294 g/mol. The molecule has 2 heterocycles. The first kappa shape index (κ1) is 13.2. The number of imidazole rings is 1. The van der Waals surface area contributed by atoms with Crippen molar-refractivity contribution in [1.82, 2.24) is 19.9 Å². The van der Waals surface area contributed by atoms with Gasteiger partial charge in [-0.2, -0.15) is 23.1 Å². The molecule has 0 fully saturated rings. The van der Waals surface area contributed by atoms with Gasteiger partial charge in [-0.25, -0.2) is 4.98 Å². The number of hydrogen-bond donors (Lipinski definition) is 3. The molecule has 0 radical (unpaired) electrons. The molecule has 0 unspecified atom stereocenters. The summed E-state index contributed by atoms with van der Waals surface area (Å²) in [5, 5.41) is 2.78. The zero-order valence-corrected chi connectivity index (χ0v) is 10.4. The van der Waals surface area contributed by atoms with Crippen LogP contribution < -0.4 is 11.1 Å². The Morgan fingerprint density at radius 1 is 1.19 bits per heavy atom. The number of aromatic amines is 1. The van der Waals surface area contributed by atoms with Gasteiger partial charge in [0.05, 0.1) is 11.9 Å². The van der Waals surface area contributed by atoms with Crippen molar-refractivity contribution in [3.63, 3.8) is 0 Å². The first-order valence-corrected chi connectivity index (χ1v) is 5.84. The molecular weight excluding hydrogens is 285 g/mol. The van der Waals surface area contributed by atoms with Gasteiger partial charge in [-0.15, -0.1) is 0 Å². The predicted molar refractivity (Wildman–Crippen MR) is 70.8 cm³/mol. The number of nitrogens with zero attached hydrogens (tertiary/aromatic N) is 3. The van der Waals surface area contributed by atoms with Crippen LogP contribution in [0.15, 0.2) is 30.6 Å². The molecule has 3 rings (SSSR count). The summed E-state index contributed by atoms with van der Waals surface area (Å²) < 4.78 is 38.1. The lowest BCUT2D eigenvalue weighted by Gasteiger charge is -2.10. The van der Waals surface area contributed by atoms with Gasteiger partial charge in [-0.05, 0) is 18.2 Å². The van der Waals surface area contributed by atoms with Gasteiger partial charge in [-0.3, -0.25) is 0 Å². The fourth-order valence-corrected chi connectivity index (χ4v) is 1.85. The van der Waals surface area contributed by atoms with E-state index < -0.39 is 11.7 Å². The Bertz CT molecular complexity index is 795. The molecule has 0 bridgehead atoms. The van der Waals surface area contributed by atoms with Crippen LogP contribution >= 0.6 is 0 Å². The first-order valence-electron chi connectivity index (χ1n) is 5.84. The second-order valence-corrected chi connectivity index (χ2v) is 4.24. The number of rotatable bonds is 2. The SMILES string of the molecule is Nc1nc(Nc2cccc(C(F)(F)F)c2)c2[nH]cnc2n1. The van der Waals surface area contributed by atoms with Crippen LogP contribution in [0, 0.1) is 0 Å². The minimum absolute atomic E-state index is 0.0240. The highest BCUT2D eigenvalue weighted by molar-refractivity contribution is 5.85. The van der Waals surface area contributed by atoms with E-state index in [2.05, 4.69) is 25.3 Å². The van der Waals surface area contributed by atoms with Crippen molar-refractivity contribution in [1.29, 1.82) is 0 Å². The number of nitrogen functional groups attached to an aromatic ring is 1. The van der Waals surface area contributed by atoms with Crippen LogP contribution in [0.4, 0.5) is 30.6 Å². The van der Waals surface area contributed by atoms with Gasteiger partial charge >= 0.3 is 6.18 Å². The van der Waals surface area contributed by atoms with Crippen molar-refractivity contribution in [2.45, 2.75) is 6.18 Å². The van der Waals surface area contributed by atoms with Crippen molar-refractivity contribution in [2.75, 3.05) is 11.1 Å². The molecule has 6 nitrogen and oxygen atoms in total. The van der Waals surface area contributed by atoms with E-state index in [9.17, 15) is 13.2 Å². The highest BCUT2D eigenvalue weighted by atomic mass is 19.4. The second kappa shape index (κ2) is 4.62. The zero-order chi connectivity index (χ0) is 15.0. The number of aromatic nitrogens is 4. The lowest BCUT2D eigenvalue weighted by atomic mass is 10.2. The smallest absolute Gasteiger partial charge is 0.368 e. The fraction of sp³-hybridized carbons (Fsp3) is 0.0833. The van der Waals surface area contributed by atoms with Gasteiger partial charge in [0, 0.05) is 5.69 Å². The van der Waals surface area contributed by atoms with Crippen molar-refractivity contribution in [3.05, 3.63) is 36.2 Å². The van der Waals surface area contributed by atoms with Crippen LogP contribution in [-0.2, 0) is 6.18 Å². The van der Waals surface area contributed by atoms with Gasteiger partial charge < -0.3 is 16.0 Å². The molecule has 3 aromatic rings. The molecule has 4 N–H and O–H groups in total. The standard InChI is InChI=1S/C12H9F3N6/c13-12(14,15)6-2-1-3-7(4-6)19-10-8-9(18-5-17-8)20-11(16)21-10/h1-5H,(H4,16,17,18,19,20,21). The summed E-state index contributed by atoms with van der Waals surface area (Å²) in [5.74, 6) is 0.235. The quantitative estimate of drug-likeness (QED) is 0.675. The normalized spacial score (nSPS) is 11.8. The fourth-order valence-electron chi connectivity index (χ4n) is 1.85. The Balaban J connectivity index is 2.01. The van der Waals surface area contributed by atoms with Crippen LogP contribution in [-0.4, -0.2) is 19.9 Å². The summed E-state index contributed by atoms with van der Waals surface area (Å²) >= 11 is 0. The van der Waals surface area contributed by atoms with E-state index in [-0.39, 0.29) is 17.5 Å². The lowest BCUT2D eigenvalue weighted by molar-refractivity contribution is -0.137. The Kier molecular flexibility index (Phi) is 2.89. The molecule has 0 atom stereocenters. The summed E-state index contributed by atoms with van der Waals surface area (Å²) in [7, 11) is 0. The van der Waals surface area contributed by atoms with Crippen LogP contribution in [0.5, 0.6) is 0 Å². The van der Waals surface area contributed by atoms with Gasteiger partial charge in [0.1, 0.15) is 5.52 Å². The Morgan fingerprint density at radius 3 is 2.76 bits per heavy atom. The third-order valence-electron chi connectivity index (χ3n) is 2.76. The topological polar surface area (TPSA) is 92.5 Å². The maximum Gasteiger partial charge on any atom is 0.416 e. The Hall–Kier alpha value is -2.84. The number of alkyl halides is 3. The molecular formula is C12H9F3N6. The number of nitrogens with two attached hydrogens (primary N) is 1. The summed E-state index contributed by atoms with van der Waals surface area (Å²) in [5.41, 5.74) is 5.81. The molecule has 0 aliphatic rings. The van der Waals surface area contributed by atoms with Crippen molar-refractivity contribution in [3.8, 4) is 0 Å². The van der Waals surface area contributed by atoms with Crippen LogP contribution in [0.3, 0.4) is 0 Å². The Morgan fingerprint density at radius 2 is 2.00 bits per heavy atom. The summed E-state index contributed by atoms with van der Waals surface area (Å²) in [6.45, 7) is 0. The molecule has 0 aliphatic carbocycles. The van der Waals surface area contributed by atoms with E-state index in [1.165, 1.54) is 18.5 Å². The molecule has 21 heavy (non-hydrogen) atoms. The van der Waals surface area contributed by atoms with Gasteiger partial charge in [0.2, 0.25) is 5.95 Å². The van der Waals surface area contributed by atoms with Crippen molar-refractivity contribution in [2.24, 2.45) is 0 Å². The minimum atomic E-state index is -4.41. The van der Waals surface area contributed by atoms with Gasteiger partial charge in [-0.1, -0.05) is 6.07 Å². The maximum absolute atomic E-state index is 12.7. The number of fused-ring (bicyclic) bond motifs is 1. The molecule has 9 heteroatoms. The number of H-pyrrole nitrogens is 1. The number of nitrogens with one attached hydrogen (secondary N) is 2. The molecule has 1 aromatic carbocycles. The highest BCUT2D eigenvalue weighted by Gasteiger charge is 2.30. The van der Waals surface area contributed by atoms with Crippen LogP contribution in [0.25, 0.3) is 11.2 Å². The van der Waals surface area contributed by atoms with Gasteiger partial charge in [0.15, 0.2) is 11.5 Å². The molecule has 108 valence electrons. The number of benzene rings is 1. The van der Waals surface area contributed by atoms with Gasteiger partial charge in [0.25, 0.3) is 0 Å². The van der Waals surface area contributed by atoms with E-state index in [0.29, 0.717) is 11.2 Å². The molecule has 0 spiro atoms. The van der Waals surface area contributed by atoms with Crippen LogP contribution in [0.1, 0.15) is 5.56 Å². The van der Waals surface area contributed by atoms with Crippen molar-refractivity contribution >= 4 is 28.6 Å². The number of hydrogen-bond acceptors (Lipinski definition) is 5. The lowest BCUT2D eigenvalue weighted by Crippen LogP contribution is -2.06. The molecule has 0 aliphatic heterocycles. The predicted octanol–water partition coefficient (Wildman–Crippen LogP) is 2.70. The van der Waals surface area contributed by atoms with Crippen LogP contribution in [0.2, 0.25) is 0 Å². The average Bonchev–Trinajstić information content (AvgIpc) is 2.86.